The zero-order valence-electron chi connectivity index (χ0n) is 13.8. The van der Waals surface area contributed by atoms with Crippen molar-refractivity contribution in [3.05, 3.63) is 11.3 Å². The molecular weight excluding hydrogens is 326 g/mol. The molecule has 2 atom stereocenters. The molecule has 0 bridgehead atoms. The second-order valence-corrected chi connectivity index (χ2v) is 8.55. The lowest BCUT2D eigenvalue weighted by Crippen LogP contribution is -2.70. The van der Waals surface area contributed by atoms with Crippen molar-refractivity contribution in [1.29, 1.82) is 0 Å². The third-order valence-corrected chi connectivity index (χ3v) is 5.42. The van der Waals surface area contributed by atoms with Crippen LogP contribution in [0.5, 0.6) is 0 Å². The Morgan fingerprint density at radius 2 is 1.91 bits per heavy atom. The fourth-order valence-electron chi connectivity index (χ4n) is 2.66. The molecule has 2 rings (SSSR count). The molecule has 0 aliphatic carbocycles. The van der Waals surface area contributed by atoms with Crippen LogP contribution in [-0.4, -0.2) is 68.9 Å². The molecule has 0 spiro atoms. The zero-order chi connectivity index (χ0) is 17.6. The van der Waals surface area contributed by atoms with Crippen molar-refractivity contribution in [3.8, 4) is 0 Å². The Morgan fingerprint density at radius 3 is 2.39 bits per heavy atom. The van der Waals surface area contributed by atoms with Gasteiger partial charge in [0.05, 0.1) is 12.4 Å². The lowest BCUT2D eigenvalue weighted by atomic mass is 10.1. The van der Waals surface area contributed by atoms with Crippen LogP contribution in [0.2, 0.25) is 0 Å². The maximum absolute atomic E-state index is 12.5. The minimum Gasteiger partial charge on any atom is -0.455 e. The van der Waals surface area contributed by atoms with Crippen LogP contribution in [0, 0.1) is 0 Å². The van der Waals surface area contributed by atoms with E-state index in [1.165, 1.54) is 14.2 Å². The van der Waals surface area contributed by atoms with Gasteiger partial charge in [-0.2, -0.15) is 0 Å². The highest BCUT2D eigenvalue weighted by atomic mass is 32.2. The van der Waals surface area contributed by atoms with Gasteiger partial charge in [0.1, 0.15) is 11.3 Å². The number of carbonyl (C=O) groups is 2. The average molecular weight is 347 g/mol. The van der Waals surface area contributed by atoms with Crippen molar-refractivity contribution in [2.45, 2.75) is 37.9 Å². The first-order chi connectivity index (χ1) is 10.5. The number of esters is 1. The summed E-state index contributed by atoms with van der Waals surface area (Å²) in [7, 11) is -1.02. The number of rotatable bonds is 4. The van der Waals surface area contributed by atoms with Crippen LogP contribution in [0.4, 0.5) is 0 Å². The first-order valence-electron chi connectivity index (χ1n) is 7.05. The molecule has 9 heteroatoms. The van der Waals surface area contributed by atoms with Gasteiger partial charge in [0.25, 0.3) is 5.91 Å². The molecule has 2 heterocycles. The topological polar surface area (TPSA) is 99.2 Å². The lowest BCUT2D eigenvalue weighted by Gasteiger charge is -2.48. The second kappa shape index (κ2) is 5.88. The van der Waals surface area contributed by atoms with Gasteiger partial charge in [-0.25, -0.2) is 13.2 Å². The van der Waals surface area contributed by atoms with Crippen molar-refractivity contribution in [2.24, 2.45) is 0 Å². The highest BCUT2D eigenvalue weighted by Crippen LogP contribution is 2.38. The number of hydrogen-bond acceptors (Lipinski definition) is 7. The van der Waals surface area contributed by atoms with Gasteiger partial charge in [0.2, 0.25) is 0 Å². The Labute approximate surface area is 135 Å². The normalized spacial score (nSPS) is 26.7. The predicted molar refractivity (Wildman–Crippen MR) is 80.0 cm³/mol. The van der Waals surface area contributed by atoms with Crippen LogP contribution in [0.25, 0.3) is 0 Å². The van der Waals surface area contributed by atoms with Crippen LogP contribution in [0.15, 0.2) is 11.3 Å². The van der Waals surface area contributed by atoms with Crippen molar-refractivity contribution in [3.63, 3.8) is 0 Å². The second-order valence-electron chi connectivity index (χ2n) is 6.45. The highest BCUT2D eigenvalue weighted by molar-refractivity contribution is 7.92. The summed E-state index contributed by atoms with van der Waals surface area (Å²) < 4.78 is 40.0. The minimum atomic E-state index is -3.67. The summed E-state index contributed by atoms with van der Waals surface area (Å²) in [4.78, 5) is 25.6. The molecule has 0 aromatic carbocycles. The summed E-state index contributed by atoms with van der Waals surface area (Å²) in [6.45, 7) is 4.99. The summed E-state index contributed by atoms with van der Waals surface area (Å²) >= 11 is 0. The molecule has 8 nitrogen and oxygen atoms in total. The van der Waals surface area contributed by atoms with Gasteiger partial charge in [-0.1, -0.05) is 0 Å². The number of hydrogen-bond donors (Lipinski definition) is 0. The summed E-state index contributed by atoms with van der Waals surface area (Å²) in [5, 5.41) is -1.19. The molecule has 1 saturated heterocycles. The van der Waals surface area contributed by atoms with Gasteiger partial charge >= 0.3 is 5.97 Å². The molecule has 1 fully saturated rings. The first-order valence-corrected chi connectivity index (χ1v) is 8.77. The van der Waals surface area contributed by atoms with E-state index in [1.807, 2.05) is 0 Å². The standard InChI is InChI=1S/C14H21NO7S/c1-14(2,3)22-13(17)9-8(6-20-4)7-23(18,19)12-10(21-5)11(16)15(9)12/h10,12H,6-7H2,1-5H3/t10-,12?/m1/s1. The number of amides is 1. The SMILES string of the molecule is COCC1=C(C(=O)OC(C)(C)C)N2C(=O)[C@@H](OC)C2S(=O)(=O)C1. The summed E-state index contributed by atoms with van der Waals surface area (Å²) in [6, 6.07) is 0. The fourth-order valence-corrected chi connectivity index (χ4v) is 4.67. The molecule has 1 unspecified atom stereocenters. The van der Waals surface area contributed by atoms with E-state index in [0.717, 1.165) is 4.90 Å². The quantitative estimate of drug-likeness (QED) is 0.515. The Bertz CT molecular complexity index is 659. The van der Waals surface area contributed by atoms with Gasteiger partial charge in [-0.3, -0.25) is 9.69 Å². The van der Waals surface area contributed by atoms with Crippen LogP contribution in [0.1, 0.15) is 20.8 Å². The van der Waals surface area contributed by atoms with E-state index in [2.05, 4.69) is 0 Å². The average Bonchev–Trinajstić information content (AvgIpc) is 2.37. The number of sulfone groups is 1. The number of fused-ring (bicyclic) bond motifs is 1. The minimum absolute atomic E-state index is 0.0556. The Balaban J connectivity index is 2.49. The maximum atomic E-state index is 12.5. The van der Waals surface area contributed by atoms with E-state index < -0.39 is 38.8 Å². The number of ether oxygens (including phenoxy) is 3. The molecule has 2 aliphatic rings. The summed E-state index contributed by atoms with van der Waals surface area (Å²) in [5.74, 6) is -1.69. The molecule has 23 heavy (non-hydrogen) atoms. The third-order valence-electron chi connectivity index (χ3n) is 3.48. The number of carbonyl (C=O) groups excluding carboxylic acids is 2. The fraction of sp³-hybridized carbons (Fsp3) is 0.714. The van der Waals surface area contributed by atoms with E-state index in [0.29, 0.717) is 0 Å². The van der Waals surface area contributed by atoms with Crippen LogP contribution in [0.3, 0.4) is 0 Å². The van der Waals surface area contributed by atoms with E-state index in [-0.39, 0.29) is 23.6 Å². The zero-order valence-corrected chi connectivity index (χ0v) is 14.6. The van der Waals surface area contributed by atoms with Crippen molar-refractivity contribution < 1.29 is 32.2 Å². The molecular formula is C14H21NO7S. The molecule has 0 N–H and O–H groups in total. The van der Waals surface area contributed by atoms with Crippen molar-refractivity contribution >= 4 is 21.7 Å². The van der Waals surface area contributed by atoms with E-state index in [1.54, 1.807) is 20.8 Å². The van der Waals surface area contributed by atoms with Crippen LogP contribution < -0.4 is 0 Å². The van der Waals surface area contributed by atoms with Crippen LogP contribution in [-0.2, 0) is 33.6 Å². The Hall–Kier alpha value is -1.45. The molecule has 1 amide bonds. The third kappa shape index (κ3) is 3.13. The van der Waals surface area contributed by atoms with Gasteiger partial charge in [0, 0.05) is 19.8 Å². The van der Waals surface area contributed by atoms with Gasteiger partial charge in [-0.15, -0.1) is 0 Å². The van der Waals surface area contributed by atoms with Gasteiger partial charge < -0.3 is 14.2 Å². The number of methoxy groups -OCH3 is 2. The van der Waals surface area contributed by atoms with Gasteiger partial charge in [0.15, 0.2) is 21.3 Å². The first kappa shape index (κ1) is 17.9. The summed E-state index contributed by atoms with van der Waals surface area (Å²) in [6.07, 6.45) is -1.10. The van der Waals surface area contributed by atoms with Crippen molar-refractivity contribution in [2.75, 3.05) is 26.6 Å². The molecule has 0 aromatic rings. The number of nitrogens with zero attached hydrogens (tertiary/aromatic N) is 1. The summed E-state index contributed by atoms with van der Waals surface area (Å²) in [5.41, 5.74) is -0.622. The molecule has 0 radical (unpaired) electrons. The van der Waals surface area contributed by atoms with Crippen molar-refractivity contribution in [1.82, 2.24) is 4.90 Å². The Kier molecular flexibility index (Phi) is 4.57. The van der Waals surface area contributed by atoms with E-state index in [4.69, 9.17) is 14.2 Å². The number of β-lactam (4-membered cyclic amide) rings is 1. The molecule has 0 saturated carbocycles. The monoisotopic (exact) mass is 347 g/mol. The van der Waals surface area contributed by atoms with E-state index >= 15 is 0 Å². The largest absolute Gasteiger partial charge is 0.455 e. The molecule has 0 aromatic heterocycles. The maximum Gasteiger partial charge on any atom is 0.355 e. The lowest BCUT2D eigenvalue weighted by molar-refractivity contribution is -0.167. The van der Waals surface area contributed by atoms with Gasteiger partial charge in [-0.05, 0) is 20.8 Å². The molecule has 2 aliphatic heterocycles. The van der Waals surface area contributed by atoms with E-state index in [9.17, 15) is 18.0 Å². The predicted octanol–water partition coefficient (Wildman–Crippen LogP) is -0.160. The molecule has 130 valence electrons. The van der Waals surface area contributed by atoms with Crippen LogP contribution >= 0.6 is 0 Å². The highest BCUT2D eigenvalue weighted by Gasteiger charge is 2.60. The Morgan fingerprint density at radius 1 is 1.30 bits per heavy atom. The smallest absolute Gasteiger partial charge is 0.355 e.